The van der Waals surface area contributed by atoms with Crippen molar-refractivity contribution in [1.82, 2.24) is 5.01 Å². The number of furan rings is 1. The molecule has 2 aliphatic rings. The molecule has 0 amide bonds. The molecule has 3 aromatic rings. The highest BCUT2D eigenvalue weighted by Crippen LogP contribution is 2.48. The molecular weight excluding hydrogens is 376 g/mol. The van der Waals surface area contributed by atoms with Crippen molar-refractivity contribution in [3.8, 4) is 11.5 Å². The fourth-order valence-corrected chi connectivity index (χ4v) is 3.94. The summed E-state index contributed by atoms with van der Waals surface area (Å²) in [4.78, 5) is 0. The van der Waals surface area contributed by atoms with Crippen LogP contribution in [0.4, 0.5) is 0 Å². The van der Waals surface area contributed by atoms with E-state index in [1.54, 1.807) is 6.26 Å². The molecule has 2 aromatic carbocycles. The van der Waals surface area contributed by atoms with Gasteiger partial charge < -0.3 is 13.9 Å². The quantitative estimate of drug-likeness (QED) is 0.580. The van der Waals surface area contributed by atoms with Crippen LogP contribution >= 0.6 is 11.6 Å². The molecule has 5 rings (SSSR count). The minimum Gasteiger partial charge on any atom is -0.494 e. The molecular formula is C22H19ClN2O3. The van der Waals surface area contributed by atoms with Gasteiger partial charge in [0.2, 0.25) is 6.23 Å². The zero-order valence-corrected chi connectivity index (χ0v) is 16.1. The molecule has 0 saturated heterocycles. The Balaban J connectivity index is 1.53. The Labute approximate surface area is 168 Å². The lowest BCUT2D eigenvalue weighted by molar-refractivity contribution is -0.0325. The van der Waals surface area contributed by atoms with Crippen molar-refractivity contribution in [3.63, 3.8) is 0 Å². The minimum atomic E-state index is -0.408. The van der Waals surface area contributed by atoms with Gasteiger partial charge in [0.25, 0.3) is 0 Å². The van der Waals surface area contributed by atoms with Crippen molar-refractivity contribution in [1.29, 1.82) is 0 Å². The predicted octanol–water partition coefficient (Wildman–Crippen LogP) is 5.57. The molecule has 0 unspecified atom stereocenters. The van der Waals surface area contributed by atoms with E-state index in [-0.39, 0.29) is 6.04 Å². The van der Waals surface area contributed by atoms with E-state index in [0.29, 0.717) is 11.6 Å². The fraction of sp³-hybridized carbons (Fsp3) is 0.227. The first-order valence-electron chi connectivity index (χ1n) is 9.31. The molecule has 0 radical (unpaired) electrons. The second-order valence-corrected chi connectivity index (χ2v) is 7.21. The Morgan fingerprint density at radius 3 is 2.79 bits per heavy atom. The summed E-state index contributed by atoms with van der Waals surface area (Å²) in [5, 5.41) is 7.57. The number of rotatable bonds is 4. The van der Waals surface area contributed by atoms with E-state index in [9.17, 15) is 0 Å². The summed E-state index contributed by atoms with van der Waals surface area (Å²) < 4.78 is 17.4. The molecule has 5 nitrogen and oxygen atoms in total. The lowest BCUT2D eigenvalue weighted by atomic mass is 9.96. The molecule has 2 aliphatic heterocycles. The molecule has 0 spiro atoms. The zero-order valence-electron chi connectivity index (χ0n) is 15.3. The Bertz CT molecular complexity index is 1010. The van der Waals surface area contributed by atoms with Crippen LogP contribution in [0.25, 0.3) is 0 Å². The van der Waals surface area contributed by atoms with Crippen LogP contribution < -0.4 is 9.47 Å². The second kappa shape index (κ2) is 6.91. The topological polar surface area (TPSA) is 47.2 Å². The van der Waals surface area contributed by atoms with E-state index < -0.39 is 6.23 Å². The lowest BCUT2D eigenvalue weighted by Crippen LogP contribution is -2.33. The molecule has 0 fully saturated rings. The summed E-state index contributed by atoms with van der Waals surface area (Å²) >= 11 is 6.26. The van der Waals surface area contributed by atoms with Gasteiger partial charge in [-0.3, -0.25) is 0 Å². The van der Waals surface area contributed by atoms with Crippen molar-refractivity contribution in [2.45, 2.75) is 25.6 Å². The summed E-state index contributed by atoms with van der Waals surface area (Å²) in [5.41, 5.74) is 3.11. The van der Waals surface area contributed by atoms with Gasteiger partial charge in [0, 0.05) is 17.0 Å². The van der Waals surface area contributed by atoms with E-state index >= 15 is 0 Å². The van der Waals surface area contributed by atoms with Gasteiger partial charge in [-0.05, 0) is 67.1 Å². The summed E-state index contributed by atoms with van der Waals surface area (Å²) in [6, 6.07) is 17.6. The minimum absolute atomic E-state index is 0.0409. The van der Waals surface area contributed by atoms with Crippen molar-refractivity contribution < 1.29 is 13.9 Å². The third-order valence-electron chi connectivity index (χ3n) is 5.04. The molecule has 0 saturated carbocycles. The zero-order chi connectivity index (χ0) is 19.1. The third-order valence-corrected chi connectivity index (χ3v) is 5.27. The van der Waals surface area contributed by atoms with E-state index in [1.807, 2.05) is 66.5 Å². The maximum absolute atomic E-state index is 6.26. The summed E-state index contributed by atoms with van der Waals surface area (Å²) in [5.74, 6) is 2.40. The first kappa shape index (κ1) is 17.2. The van der Waals surface area contributed by atoms with Crippen molar-refractivity contribution in [3.05, 3.63) is 82.8 Å². The second-order valence-electron chi connectivity index (χ2n) is 6.77. The predicted molar refractivity (Wildman–Crippen MR) is 107 cm³/mol. The molecule has 0 aliphatic carbocycles. The molecule has 0 bridgehead atoms. The highest BCUT2D eigenvalue weighted by Gasteiger charge is 2.42. The highest BCUT2D eigenvalue weighted by atomic mass is 35.5. The molecule has 3 heterocycles. The third kappa shape index (κ3) is 2.92. The number of halogens is 1. The number of benzene rings is 2. The number of hydrogen-bond acceptors (Lipinski definition) is 5. The van der Waals surface area contributed by atoms with Crippen molar-refractivity contribution >= 4 is 17.3 Å². The number of nitrogens with zero attached hydrogens (tertiary/aromatic N) is 2. The normalized spacial score (nSPS) is 20.2. The molecule has 28 heavy (non-hydrogen) atoms. The van der Waals surface area contributed by atoms with Gasteiger partial charge in [0.15, 0.2) is 5.76 Å². The average Bonchev–Trinajstić information content (AvgIpc) is 3.39. The van der Waals surface area contributed by atoms with Crippen LogP contribution in [0, 0.1) is 0 Å². The van der Waals surface area contributed by atoms with Crippen LogP contribution in [0.15, 0.2) is 70.4 Å². The summed E-state index contributed by atoms with van der Waals surface area (Å²) in [6.07, 6.45) is 2.01. The first-order valence-corrected chi connectivity index (χ1v) is 9.69. The van der Waals surface area contributed by atoms with Gasteiger partial charge in [-0.2, -0.15) is 5.10 Å². The Morgan fingerprint density at radius 2 is 2.04 bits per heavy atom. The van der Waals surface area contributed by atoms with Crippen LogP contribution in [0.2, 0.25) is 5.02 Å². The smallest absolute Gasteiger partial charge is 0.246 e. The van der Waals surface area contributed by atoms with Crippen molar-refractivity contribution in [2.75, 3.05) is 6.61 Å². The van der Waals surface area contributed by atoms with Gasteiger partial charge in [-0.25, -0.2) is 5.01 Å². The number of ether oxygens (including phenoxy) is 2. The number of hydrogen-bond donors (Lipinski definition) is 0. The fourth-order valence-electron chi connectivity index (χ4n) is 3.76. The van der Waals surface area contributed by atoms with Gasteiger partial charge >= 0.3 is 0 Å². The standard InChI is InChI=1S/C22H19ClN2O3/c1-2-26-16-8-5-14(6-9-16)18-13-19-17-12-15(23)7-10-20(17)28-22(25(19)24-18)21-4-3-11-27-21/h3-12,19,22H,2,13H2,1H3/t19-,22-/m1/s1. The van der Waals surface area contributed by atoms with E-state index in [1.165, 1.54) is 0 Å². The van der Waals surface area contributed by atoms with Gasteiger partial charge in [-0.1, -0.05) is 11.6 Å². The molecule has 2 atom stereocenters. The summed E-state index contributed by atoms with van der Waals surface area (Å²) in [7, 11) is 0. The first-order chi connectivity index (χ1) is 13.7. The van der Waals surface area contributed by atoms with E-state index in [4.69, 9.17) is 30.6 Å². The highest BCUT2D eigenvalue weighted by molar-refractivity contribution is 6.30. The average molecular weight is 395 g/mol. The van der Waals surface area contributed by atoms with Gasteiger partial charge in [0.1, 0.15) is 11.5 Å². The van der Waals surface area contributed by atoms with Crippen LogP contribution in [-0.2, 0) is 0 Å². The van der Waals surface area contributed by atoms with Crippen LogP contribution in [0.5, 0.6) is 11.5 Å². The molecule has 6 heteroatoms. The maximum Gasteiger partial charge on any atom is 0.246 e. The monoisotopic (exact) mass is 394 g/mol. The SMILES string of the molecule is CCOc1ccc(C2=NN3[C@H](C2)c2cc(Cl)ccc2O[C@@H]3c2ccco2)cc1. The Hall–Kier alpha value is -2.92. The largest absolute Gasteiger partial charge is 0.494 e. The van der Waals surface area contributed by atoms with E-state index in [2.05, 4.69) is 0 Å². The van der Waals surface area contributed by atoms with Crippen molar-refractivity contribution in [2.24, 2.45) is 5.10 Å². The van der Waals surface area contributed by atoms with E-state index in [0.717, 1.165) is 40.5 Å². The molecule has 0 N–H and O–H groups in total. The van der Waals surface area contributed by atoms with Crippen LogP contribution in [0.1, 0.15) is 42.5 Å². The number of fused-ring (bicyclic) bond motifs is 3. The maximum atomic E-state index is 6.26. The lowest BCUT2D eigenvalue weighted by Gasteiger charge is -2.36. The van der Waals surface area contributed by atoms with Gasteiger partial charge in [0.05, 0.1) is 24.6 Å². The van der Waals surface area contributed by atoms with Crippen LogP contribution in [-0.4, -0.2) is 17.3 Å². The number of hydrazone groups is 1. The molecule has 1 aromatic heterocycles. The Morgan fingerprint density at radius 1 is 1.18 bits per heavy atom. The Kier molecular flexibility index (Phi) is 4.24. The van der Waals surface area contributed by atoms with Crippen LogP contribution in [0.3, 0.4) is 0 Å². The summed E-state index contributed by atoms with van der Waals surface area (Å²) in [6.45, 7) is 2.63. The molecule has 142 valence electrons. The van der Waals surface area contributed by atoms with Gasteiger partial charge in [-0.15, -0.1) is 0 Å².